The van der Waals surface area contributed by atoms with Gasteiger partial charge in [0.25, 0.3) is 0 Å². The highest BCUT2D eigenvalue weighted by molar-refractivity contribution is 7.85. The van der Waals surface area contributed by atoms with Crippen molar-refractivity contribution in [3.63, 3.8) is 0 Å². The second-order valence-corrected chi connectivity index (χ2v) is 9.63. The molecule has 0 saturated heterocycles. The van der Waals surface area contributed by atoms with Crippen molar-refractivity contribution in [2.45, 2.75) is 51.1 Å². The van der Waals surface area contributed by atoms with Crippen molar-refractivity contribution < 1.29 is 26.7 Å². The lowest BCUT2D eigenvalue weighted by molar-refractivity contribution is -0.137. The first-order valence-corrected chi connectivity index (χ1v) is 9.86. The molecule has 0 aliphatic heterocycles. The van der Waals surface area contributed by atoms with Gasteiger partial charge in [0.05, 0.1) is 21.8 Å². The Morgan fingerprint density at radius 3 is 2.14 bits per heavy atom. The van der Waals surface area contributed by atoms with Gasteiger partial charge in [-0.2, -0.15) is 13.2 Å². The Hall–Kier alpha value is -2.16. The third-order valence-electron chi connectivity index (χ3n) is 4.04. The summed E-state index contributed by atoms with van der Waals surface area (Å²) in [5.41, 5.74) is -2.13. The van der Waals surface area contributed by atoms with Crippen molar-refractivity contribution >= 4 is 22.5 Å². The molecule has 0 spiro atoms. The van der Waals surface area contributed by atoms with Gasteiger partial charge in [-0.3, -0.25) is 9.00 Å². The molecule has 1 atom stereocenters. The lowest BCUT2D eigenvalue weighted by Crippen LogP contribution is -2.35. The summed E-state index contributed by atoms with van der Waals surface area (Å²) in [7, 11) is -1.65. The van der Waals surface area contributed by atoms with Gasteiger partial charge in [0.1, 0.15) is 5.76 Å². The summed E-state index contributed by atoms with van der Waals surface area (Å²) in [5, 5.41) is 6.45. The average molecular weight is 416 g/mol. The van der Waals surface area contributed by atoms with Crippen LogP contribution in [0.3, 0.4) is 0 Å². The summed E-state index contributed by atoms with van der Waals surface area (Å²) < 4.78 is 55.7. The number of hydrogen-bond donors (Lipinski definition) is 1. The second kappa shape index (κ2) is 7.69. The van der Waals surface area contributed by atoms with Gasteiger partial charge in [-0.1, -0.05) is 39.8 Å². The van der Waals surface area contributed by atoms with Crippen LogP contribution in [-0.4, -0.2) is 21.0 Å². The average Bonchev–Trinajstić information content (AvgIpc) is 3.02. The van der Waals surface area contributed by atoms with Gasteiger partial charge in [0, 0.05) is 22.1 Å². The first kappa shape index (κ1) is 22.1. The number of carbonyl (C=O) groups excluding carboxylic acids is 1. The fourth-order valence-electron chi connectivity index (χ4n) is 2.25. The third-order valence-corrected chi connectivity index (χ3v) is 5.82. The van der Waals surface area contributed by atoms with Crippen molar-refractivity contribution in [1.82, 2.24) is 5.16 Å². The zero-order valence-electron chi connectivity index (χ0n) is 16.3. The van der Waals surface area contributed by atoms with Gasteiger partial charge in [0.2, 0.25) is 5.91 Å². The molecule has 1 heterocycles. The van der Waals surface area contributed by atoms with Crippen molar-refractivity contribution in [1.29, 1.82) is 0 Å². The number of alkyl halides is 3. The summed E-state index contributed by atoms with van der Waals surface area (Å²) in [6, 6.07) is 5.72. The molecule has 1 amide bonds. The van der Waals surface area contributed by atoms with E-state index < -0.39 is 33.9 Å². The Labute approximate surface area is 164 Å². The number of rotatable bonds is 5. The topological polar surface area (TPSA) is 72.2 Å². The van der Waals surface area contributed by atoms with E-state index in [2.05, 4.69) is 10.5 Å². The largest absolute Gasteiger partial charge is 0.416 e. The number of anilines is 1. The monoisotopic (exact) mass is 416 g/mol. The molecule has 0 radical (unpaired) electrons. The van der Waals surface area contributed by atoms with Crippen molar-refractivity contribution in [2.75, 3.05) is 11.1 Å². The zero-order valence-corrected chi connectivity index (χ0v) is 17.1. The number of carbonyl (C=O) groups is 1. The van der Waals surface area contributed by atoms with Gasteiger partial charge in [-0.15, -0.1) is 0 Å². The number of halogens is 3. The molecule has 0 fully saturated rings. The maximum atomic E-state index is 12.6. The molecule has 1 aromatic heterocycles. The SMILES string of the molecule is CC(C)(CS(=O)c1ccc(C(F)(F)F)cc1)C(=O)Nc1cc(C(C)(C)C)on1. The molecule has 28 heavy (non-hydrogen) atoms. The fraction of sp³-hybridized carbons (Fsp3) is 0.474. The molecule has 154 valence electrons. The van der Waals surface area contributed by atoms with E-state index >= 15 is 0 Å². The van der Waals surface area contributed by atoms with Crippen LogP contribution in [0.2, 0.25) is 0 Å². The van der Waals surface area contributed by atoms with Crippen LogP contribution < -0.4 is 5.32 Å². The molecule has 0 bridgehead atoms. The lowest BCUT2D eigenvalue weighted by Gasteiger charge is -2.22. The predicted octanol–water partition coefficient (Wildman–Crippen LogP) is 4.76. The number of amides is 1. The molecular formula is C19H23F3N2O3S. The summed E-state index contributed by atoms with van der Waals surface area (Å²) in [6.45, 7) is 9.03. The van der Waals surface area contributed by atoms with Gasteiger partial charge >= 0.3 is 6.18 Å². The number of nitrogens with one attached hydrogen (secondary N) is 1. The van der Waals surface area contributed by atoms with Gasteiger partial charge in [-0.05, 0) is 24.3 Å². The van der Waals surface area contributed by atoms with E-state index in [0.29, 0.717) is 5.76 Å². The minimum Gasteiger partial charge on any atom is -0.359 e. The van der Waals surface area contributed by atoms with E-state index in [1.54, 1.807) is 19.9 Å². The first-order valence-electron chi connectivity index (χ1n) is 8.54. The molecule has 9 heteroatoms. The quantitative estimate of drug-likeness (QED) is 0.763. The second-order valence-electron chi connectivity index (χ2n) is 8.18. The minimum atomic E-state index is -4.46. The molecule has 1 unspecified atom stereocenters. The molecule has 5 nitrogen and oxygen atoms in total. The fourth-order valence-corrected chi connectivity index (χ4v) is 3.64. The van der Waals surface area contributed by atoms with E-state index in [4.69, 9.17) is 4.52 Å². The highest BCUT2D eigenvalue weighted by Crippen LogP contribution is 2.30. The molecule has 1 N–H and O–H groups in total. The van der Waals surface area contributed by atoms with Gasteiger partial charge in [-0.25, -0.2) is 0 Å². The molecule has 1 aromatic carbocycles. The van der Waals surface area contributed by atoms with E-state index in [0.717, 1.165) is 12.1 Å². The summed E-state index contributed by atoms with van der Waals surface area (Å²) in [5.74, 6) is 0.382. The molecular weight excluding hydrogens is 393 g/mol. The van der Waals surface area contributed by atoms with E-state index in [1.165, 1.54) is 12.1 Å². The van der Waals surface area contributed by atoms with Gasteiger partial charge in [0.15, 0.2) is 5.82 Å². The summed E-state index contributed by atoms with van der Waals surface area (Å²) in [4.78, 5) is 12.8. The van der Waals surface area contributed by atoms with Crippen LogP contribution in [-0.2, 0) is 27.2 Å². The Morgan fingerprint density at radius 1 is 1.11 bits per heavy atom. The van der Waals surface area contributed by atoms with Crippen molar-refractivity contribution in [3.8, 4) is 0 Å². The predicted molar refractivity (Wildman–Crippen MR) is 100 cm³/mol. The molecule has 2 rings (SSSR count). The van der Waals surface area contributed by atoms with Gasteiger partial charge < -0.3 is 9.84 Å². The van der Waals surface area contributed by atoms with Crippen LogP contribution >= 0.6 is 0 Å². The maximum absolute atomic E-state index is 12.6. The van der Waals surface area contributed by atoms with Crippen LogP contribution in [0.4, 0.5) is 19.0 Å². The maximum Gasteiger partial charge on any atom is 0.416 e. The lowest BCUT2D eigenvalue weighted by atomic mass is 9.93. The first-order chi connectivity index (χ1) is 12.7. The highest BCUT2D eigenvalue weighted by atomic mass is 32.2. The zero-order chi connectivity index (χ0) is 21.3. The van der Waals surface area contributed by atoms with Crippen LogP contribution in [0.5, 0.6) is 0 Å². The van der Waals surface area contributed by atoms with Crippen LogP contribution in [0.15, 0.2) is 39.8 Å². The highest BCUT2D eigenvalue weighted by Gasteiger charge is 2.33. The van der Waals surface area contributed by atoms with E-state index in [-0.39, 0.29) is 21.9 Å². The molecule has 0 aliphatic carbocycles. The molecule has 0 aliphatic rings. The smallest absolute Gasteiger partial charge is 0.359 e. The van der Waals surface area contributed by atoms with E-state index in [1.807, 2.05) is 20.8 Å². The Balaban J connectivity index is 2.06. The third kappa shape index (κ3) is 5.43. The van der Waals surface area contributed by atoms with E-state index in [9.17, 15) is 22.2 Å². The summed E-state index contributed by atoms with van der Waals surface area (Å²) in [6.07, 6.45) is -4.46. The summed E-state index contributed by atoms with van der Waals surface area (Å²) >= 11 is 0. The number of hydrogen-bond acceptors (Lipinski definition) is 4. The minimum absolute atomic E-state index is 0.0613. The van der Waals surface area contributed by atoms with Crippen LogP contribution in [0.25, 0.3) is 0 Å². The normalized spacial score (nSPS) is 14.0. The van der Waals surface area contributed by atoms with Crippen LogP contribution in [0, 0.1) is 5.41 Å². The molecule has 2 aromatic rings. The van der Waals surface area contributed by atoms with Crippen LogP contribution in [0.1, 0.15) is 45.9 Å². The number of nitrogens with zero attached hydrogens (tertiary/aromatic N) is 1. The number of benzene rings is 1. The van der Waals surface area contributed by atoms with Crippen molar-refractivity contribution in [3.05, 3.63) is 41.7 Å². The Morgan fingerprint density at radius 2 is 1.68 bits per heavy atom. The molecule has 0 saturated carbocycles. The Kier molecular flexibility index (Phi) is 6.08. The number of aromatic nitrogens is 1. The Bertz CT molecular complexity index is 866. The standard InChI is InChI=1S/C19H23F3N2O3S/c1-17(2,3)14-10-15(24-27-14)23-16(25)18(4,5)11-28(26)13-8-6-12(7-9-13)19(20,21)22/h6-10H,11H2,1-5H3,(H,23,24,25). The van der Waals surface area contributed by atoms with Crippen molar-refractivity contribution in [2.24, 2.45) is 5.41 Å².